The van der Waals surface area contributed by atoms with E-state index >= 15 is 0 Å². The summed E-state index contributed by atoms with van der Waals surface area (Å²) in [7, 11) is -0.587. The number of ketones is 1. The Balaban J connectivity index is 1.22. The summed E-state index contributed by atoms with van der Waals surface area (Å²) >= 11 is 0. The quantitative estimate of drug-likeness (QED) is 0.284. The Kier molecular flexibility index (Phi) is 11.1. The van der Waals surface area contributed by atoms with E-state index in [0.29, 0.717) is 67.0 Å². The lowest BCUT2D eigenvalue weighted by Crippen LogP contribution is -2.52. The van der Waals surface area contributed by atoms with Crippen LogP contribution in [0, 0.1) is 18.3 Å². The Morgan fingerprint density at radius 2 is 1.88 bits per heavy atom. The molecule has 1 saturated heterocycles. The fraction of sp³-hybridized carbons (Fsp3) is 0.550. The predicted molar refractivity (Wildman–Crippen MR) is 206 cm³/mol. The fourth-order valence-corrected chi connectivity index (χ4v) is 9.42. The number of allylic oxidation sites excluding steroid dienone is 2. The first-order chi connectivity index (χ1) is 26.8. The van der Waals surface area contributed by atoms with Gasteiger partial charge >= 0.3 is 0 Å². The monoisotopic (exact) mass is 790 g/mol. The van der Waals surface area contributed by atoms with Gasteiger partial charge in [0.15, 0.2) is 5.78 Å². The van der Waals surface area contributed by atoms with Crippen molar-refractivity contribution in [3.63, 3.8) is 0 Å². The minimum absolute atomic E-state index is 0.0205. The zero-order valence-corrected chi connectivity index (χ0v) is 33.1. The van der Waals surface area contributed by atoms with Crippen molar-refractivity contribution < 1.29 is 41.8 Å². The van der Waals surface area contributed by atoms with Crippen LogP contribution in [0.2, 0.25) is 0 Å². The standard InChI is InChI=1S/C40H50N6O9S/c1-5-54-35-20-34(28-15-16-33(53-4)24(2)36(28)42-35)55-26-19-31-32(47)22-40(39(50)44-56(51,52)27-13-14-27)21-25(40)11-9-7-6-8-10-12-30(38(49)46(31)23-26)41-37(48)29-17-18-45(3)43-29/h9,11,15-18,20,25-27,30-31H,5-8,10,12-14,19,21-23H2,1-4H3,(H,41,48)(H,44,50)/b11-9-/t25-,26-,30+,31+,40-/m1/s1. The Labute approximate surface area is 326 Å². The van der Waals surface area contributed by atoms with E-state index in [1.807, 2.05) is 38.1 Å². The van der Waals surface area contributed by atoms with E-state index in [1.54, 1.807) is 32.5 Å². The number of sulfonamides is 1. The number of carbonyl (C=O) groups is 4. The Morgan fingerprint density at radius 3 is 2.59 bits per heavy atom. The second kappa shape index (κ2) is 15.9. The van der Waals surface area contributed by atoms with Crippen LogP contribution in [0.25, 0.3) is 10.9 Å². The van der Waals surface area contributed by atoms with Crippen LogP contribution in [-0.2, 0) is 31.5 Å². The first-order valence-electron chi connectivity index (χ1n) is 19.5. The molecule has 2 aromatic heterocycles. The molecule has 3 amide bonds. The van der Waals surface area contributed by atoms with Crippen molar-refractivity contribution in [3.8, 4) is 17.4 Å². The van der Waals surface area contributed by atoms with Gasteiger partial charge in [-0.3, -0.25) is 28.6 Å². The molecule has 0 unspecified atom stereocenters. The number of rotatable bonds is 10. The van der Waals surface area contributed by atoms with Crippen LogP contribution < -0.4 is 24.2 Å². The predicted octanol–water partition coefficient (Wildman–Crippen LogP) is 3.93. The van der Waals surface area contributed by atoms with Crippen molar-refractivity contribution in [2.75, 3.05) is 20.3 Å². The molecule has 7 rings (SSSR count). The van der Waals surface area contributed by atoms with Crippen LogP contribution in [0.1, 0.15) is 87.2 Å². The van der Waals surface area contributed by atoms with E-state index in [0.717, 1.165) is 24.8 Å². The van der Waals surface area contributed by atoms with Crippen molar-refractivity contribution in [1.29, 1.82) is 0 Å². The number of hydrogen-bond acceptors (Lipinski definition) is 11. The maximum atomic E-state index is 14.7. The maximum absolute atomic E-state index is 14.7. The van der Waals surface area contributed by atoms with Crippen LogP contribution in [-0.4, -0.2) is 95.3 Å². The number of amides is 3. The van der Waals surface area contributed by atoms with Crippen LogP contribution in [0.15, 0.2) is 42.6 Å². The largest absolute Gasteiger partial charge is 0.496 e. The van der Waals surface area contributed by atoms with Crippen LogP contribution in [0.4, 0.5) is 0 Å². The van der Waals surface area contributed by atoms with Gasteiger partial charge in [0, 0.05) is 43.1 Å². The van der Waals surface area contributed by atoms with Crippen LogP contribution in [0.5, 0.6) is 17.4 Å². The number of methoxy groups -OCH3 is 1. The second-order valence-corrected chi connectivity index (χ2v) is 17.4. The van der Waals surface area contributed by atoms with Crippen molar-refractivity contribution in [1.82, 2.24) is 29.7 Å². The summed E-state index contributed by atoms with van der Waals surface area (Å²) in [6, 6.07) is 4.94. The first-order valence-corrected chi connectivity index (χ1v) is 21.0. The molecule has 5 atom stereocenters. The number of carbonyl (C=O) groups excluding carboxylic acids is 4. The van der Waals surface area contributed by atoms with E-state index in [9.17, 15) is 27.6 Å². The SMILES string of the molecule is CCOc1cc(O[C@@H]2C[C@H]3C(=O)C[C@]4(C(=O)NS(=O)(=O)C5CC5)C[C@H]4/C=C\CCCCC[C@H](NC(=O)c4ccn(C)n4)C(=O)N3C2)c2ccc(OC)c(C)c2n1. The number of aryl methyl sites for hydroxylation is 2. The molecule has 2 aliphatic heterocycles. The minimum atomic E-state index is -3.86. The molecule has 0 radical (unpaired) electrons. The van der Waals surface area contributed by atoms with Gasteiger partial charge in [-0.05, 0) is 76.5 Å². The van der Waals surface area contributed by atoms with E-state index < -0.39 is 56.6 Å². The summed E-state index contributed by atoms with van der Waals surface area (Å²) in [5, 5.41) is 7.18. The lowest BCUT2D eigenvalue weighted by Gasteiger charge is -2.29. The van der Waals surface area contributed by atoms with Gasteiger partial charge in [0.25, 0.3) is 5.91 Å². The van der Waals surface area contributed by atoms with Gasteiger partial charge in [0.1, 0.15) is 29.3 Å². The molecule has 300 valence electrons. The highest BCUT2D eigenvalue weighted by molar-refractivity contribution is 7.90. The fourth-order valence-electron chi connectivity index (χ4n) is 8.03. The highest BCUT2D eigenvalue weighted by Gasteiger charge is 2.61. The summed E-state index contributed by atoms with van der Waals surface area (Å²) in [5.74, 6) is -0.903. The number of aromatic nitrogens is 3. The number of fused-ring (bicyclic) bond motifs is 3. The average Bonchev–Trinajstić information content (AvgIpc) is 4.05. The molecule has 16 heteroatoms. The highest BCUT2D eigenvalue weighted by atomic mass is 32.2. The number of Topliss-reactive ketones (excluding diaryl/α,β-unsaturated/α-hetero) is 1. The van der Waals surface area contributed by atoms with Gasteiger partial charge in [0.2, 0.25) is 27.7 Å². The molecule has 1 aromatic carbocycles. The topological polar surface area (TPSA) is 188 Å². The number of nitrogens with one attached hydrogen (secondary N) is 2. The third-order valence-electron chi connectivity index (χ3n) is 11.4. The van der Waals surface area contributed by atoms with E-state index in [2.05, 4.69) is 15.1 Å². The van der Waals surface area contributed by atoms with Crippen LogP contribution in [0.3, 0.4) is 0 Å². The molecule has 4 heterocycles. The first kappa shape index (κ1) is 39.3. The van der Waals surface area contributed by atoms with Gasteiger partial charge in [-0.15, -0.1) is 0 Å². The number of ether oxygens (including phenoxy) is 3. The summed E-state index contributed by atoms with van der Waals surface area (Å²) in [6.45, 7) is 4.12. The zero-order valence-electron chi connectivity index (χ0n) is 32.3. The molecule has 0 spiro atoms. The van der Waals surface area contributed by atoms with Crippen molar-refractivity contribution in [2.45, 2.75) is 101 Å². The van der Waals surface area contributed by atoms with E-state index in [1.165, 1.54) is 9.58 Å². The molecule has 3 fully saturated rings. The Hall–Kier alpha value is -4.99. The van der Waals surface area contributed by atoms with Gasteiger partial charge < -0.3 is 24.4 Å². The number of hydrogen-bond donors (Lipinski definition) is 2. The summed E-state index contributed by atoms with van der Waals surface area (Å²) in [6.07, 6.45) is 9.31. The summed E-state index contributed by atoms with van der Waals surface area (Å²) in [5.41, 5.74) is 0.296. The van der Waals surface area contributed by atoms with Gasteiger partial charge in [-0.25, -0.2) is 13.4 Å². The highest BCUT2D eigenvalue weighted by Crippen LogP contribution is 2.57. The third-order valence-corrected chi connectivity index (χ3v) is 13.2. The van der Waals surface area contributed by atoms with Crippen LogP contribution >= 0.6 is 0 Å². The smallest absolute Gasteiger partial charge is 0.272 e. The molecule has 3 aromatic rings. The molecular weight excluding hydrogens is 741 g/mol. The van der Waals surface area contributed by atoms with E-state index in [4.69, 9.17) is 19.2 Å². The Morgan fingerprint density at radius 1 is 1.07 bits per heavy atom. The number of benzene rings is 1. The molecule has 0 bridgehead atoms. The lowest BCUT2D eigenvalue weighted by molar-refractivity contribution is -0.140. The van der Waals surface area contributed by atoms with Crippen molar-refractivity contribution in [3.05, 3.63) is 53.9 Å². The average molecular weight is 791 g/mol. The summed E-state index contributed by atoms with van der Waals surface area (Å²) in [4.78, 5) is 62.7. The third kappa shape index (κ3) is 8.11. The number of pyridine rings is 1. The molecular formula is C40H50N6O9S. The molecule has 56 heavy (non-hydrogen) atoms. The van der Waals surface area contributed by atoms with Crippen molar-refractivity contribution >= 4 is 44.4 Å². The molecule has 2 aliphatic carbocycles. The van der Waals surface area contributed by atoms with E-state index in [-0.39, 0.29) is 36.8 Å². The second-order valence-electron chi connectivity index (χ2n) is 15.4. The van der Waals surface area contributed by atoms with Gasteiger partial charge in [-0.1, -0.05) is 25.0 Å². The molecule has 15 nitrogen and oxygen atoms in total. The van der Waals surface area contributed by atoms with Gasteiger partial charge in [-0.2, -0.15) is 5.10 Å². The van der Waals surface area contributed by atoms with Crippen molar-refractivity contribution in [2.24, 2.45) is 18.4 Å². The number of nitrogens with zero attached hydrogens (tertiary/aromatic N) is 4. The normalized spacial score (nSPS) is 26.3. The van der Waals surface area contributed by atoms with Gasteiger partial charge in [0.05, 0.1) is 42.5 Å². The maximum Gasteiger partial charge on any atom is 0.272 e. The molecule has 4 aliphatic rings. The zero-order chi connectivity index (χ0) is 39.8. The lowest BCUT2D eigenvalue weighted by atomic mass is 9.91. The summed E-state index contributed by atoms with van der Waals surface area (Å²) < 4.78 is 47.6. The molecule has 2 saturated carbocycles. The molecule has 2 N–H and O–H groups in total. The Bertz CT molecular complexity index is 2170. The minimum Gasteiger partial charge on any atom is -0.496 e.